The van der Waals surface area contributed by atoms with Gasteiger partial charge in [-0.1, -0.05) is 0 Å². The predicted octanol–water partition coefficient (Wildman–Crippen LogP) is 0.446. The van der Waals surface area contributed by atoms with E-state index in [4.69, 9.17) is 4.42 Å². The molecule has 0 bridgehead atoms. The lowest BCUT2D eigenvalue weighted by atomic mass is 10.1. The highest BCUT2D eigenvalue weighted by Gasteiger charge is 2.28. The van der Waals surface area contributed by atoms with Crippen molar-refractivity contribution < 1.29 is 12.8 Å². The minimum atomic E-state index is -3.10. The van der Waals surface area contributed by atoms with E-state index < -0.39 is 10.0 Å². The molecule has 1 aliphatic rings. The lowest BCUT2D eigenvalue weighted by Crippen LogP contribution is -2.53. The van der Waals surface area contributed by atoms with Crippen LogP contribution in [0.3, 0.4) is 0 Å². The molecular weight excluding hydrogens is 240 g/mol. The summed E-state index contributed by atoms with van der Waals surface area (Å²) in [5, 5.41) is 3.23. The summed E-state index contributed by atoms with van der Waals surface area (Å²) in [4.78, 5) is 0. The second kappa shape index (κ2) is 5.20. The fourth-order valence-corrected chi connectivity index (χ4v) is 3.33. The Morgan fingerprint density at radius 2 is 2.41 bits per heavy atom. The highest BCUT2D eigenvalue weighted by molar-refractivity contribution is 7.88. The normalized spacial score (nSPS) is 22.8. The number of piperazine rings is 1. The highest BCUT2D eigenvalue weighted by atomic mass is 32.2. The summed E-state index contributed by atoms with van der Waals surface area (Å²) in [7, 11) is -3.10. The van der Waals surface area contributed by atoms with Crippen LogP contribution in [0.5, 0.6) is 0 Å². The van der Waals surface area contributed by atoms with Gasteiger partial charge in [-0.15, -0.1) is 0 Å². The summed E-state index contributed by atoms with van der Waals surface area (Å²) >= 11 is 0. The third-order valence-electron chi connectivity index (χ3n) is 3.03. The Kier molecular flexibility index (Phi) is 3.86. The van der Waals surface area contributed by atoms with E-state index in [1.165, 1.54) is 6.26 Å². The maximum Gasteiger partial charge on any atom is 0.211 e. The highest BCUT2D eigenvalue weighted by Crippen LogP contribution is 2.15. The van der Waals surface area contributed by atoms with E-state index in [1.807, 2.05) is 12.1 Å². The molecular formula is C11H18N2O3S. The van der Waals surface area contributed by atoms with E-state index in [9.17, 15) is 8.42 Å². The van der Waals surface area contributed by atoms with Crippen LogP contribution in [0.1, 0.15) is 12.2 Å². The van der Waals surface area contributed by atoms with Crippen LogP contribution in [0.15, 0.2) is 22.8 Å². The largest absolute Gasteiger partial charge is 0.469 e. The van der Waals surface area contributed by atoms with Gasteiger partial charge in [-0.05, 0) is 18.6 Å². The van der Waals surface area contributed by atoms with Gasteiger partial charge in [0.2, 0.25) is 10.0 Å². The molecule has 1 unspecified atom stereocenters. The fraction of sp³-hybridized carbons (Fsp3) is 0.636. The average molecular weight is 258 g/mol. The maximum absolute atomic E-state index is 11.6. The number of hydrogen-bond acceptors (Lipinski definition) is 4. The lowest BCUT2D eigenvalue weighted by molar-refractivity contribution is 0.254. The number of nitrogens with zero attached hydrogens (tertiary/aromatic N) is 1. The van der Waals surface area contributed by atoms with Gasteiger partial charge in [0, 0.05) is 32.1 Å². The van der Waals surface area contributed by atoms with Crippen LogP contribution in [0, 0.1) is 0 Å². The van der Waals surface area contributed by atoms with Crippen LogP contribution in [0.4, 0.5) is 0 Å². The van der Waals surface area contributed by atoms with Crippen molar-refractivity contribution in [2.45, 2.75) is 18.9 Å². The van der Waals surface area contributed by atoms with Crippen molar-refractivity contribution in [1.82, 2.24) is 9.62 Å². The monoisotopic (exact) mass is 258 g/mol. The first-order chi connectivity index (χ1) is 8.07. The summed E-state index contributed by atoms with van der Waals surface area (Å²) in [6, 6.07) is 3.80. The van der Waals surface area contributed by atoms with Gasteiger partial charge < -0.3 is 9.73 Å². The minimum Gasteiger partial charge on any atom is -0.469 e. The van der Waals surface area contributed by atoms with Crippen LogP contribution in [0.25, 0.3) is 0 Å². The SMILES string of the molecule is CS(=O)(=O)N1CCNCC1CCc1ccco1. The third kappa shape index (κ3) is 3.31. The van der Waals surface area contributed by atoms with Crippen LogP contribution < -0.4 is 5.32 Å². The minimum absolute atomic E-state index is 0.0313. The second-order valence-electron chi connectivity index (χ2n) is 4.35. The van der Waals surface area contributed by atoms with Crippen molar-refractivity contribution >= 4 is 10.0 Å². The molecule has 1 saturated heterocycles. The Hall–Kier alpha value is -0.850. The Labute approximate surface area is 102 Å². The Bertz CT molecular complexity index is 441. The van der Waals surface area contributed by atoms with Gasteiger partial charge in [0.1, 0.15) is 5.76 Å². The number of sulfonamides is 1. The number of nitrogens with one attached hydrogen (secondary N) is 1. The van der Waals surface area contributed by atoms with E-state index in [2.05, 4.69) is 5.32 Å². The molecule has 17 heavy (non-hydrogen) atoms. The molecule has 6 heteroatoms. The summed E-state index contributed by atoms with van der Waals surface area (Å²) in [5.74, 6) is 0.907. The number of rotatable bonds is 4. The fourth-order valence-electron chi connectivity index (χ4n) is 2.19. The molecule has 0 amide bonds. The topological polar surface area (TPSA) is 62.6 Å². The zero-order valence-corrected chi connectivity index (χ0v) is 10.7. The molecule has 5 nitrogen and oxygen atoms in total. The van der Waals surface area contributed by atoms with E-state index in [0.29, 0.717) is 13.1 Å². The smallest absolute Gasteiger partial charge is 0.211 e. The first kappa shape index (κ1) is 12.6. The van der Waals surface area contributed by atoms with Gasteiger partial charge in [0.05, 0.1) is 12.5 Å². The van der Waals surface area contributed by atoms with Crippen molar-refractivity contribution in [3.05, 3.63) is 24.2 Å². The second-order valence-corrected chi connectivity index (χ2v) is 6.28. The van der Waals surface area contributed by atoms with Crippen LogP contribution >= 0.6 is 0 Å². The van der Waals surface area contributed by atoms with Gasteiger partial charge in [0.25, 0.3) is 0 Å². The summed E-state index contributed by atoms with van der Waals surface area (Å²) in [6.07, 6.45) is 4.47. The standard InChI is InChI=1S/C11H18N2O3S/c1-17(14,15)13-7-6-12-9-10(13)4-5-11-3-2-8-16-11/h2-3,8,10,12H,4-7,9H2,1H3. The number of aryl methyl sites for hydroxylation is 1. The van der Waals surface area contributed by atoms with E-state index in [0.717, 1.165) is 25.1 Å². The molecule has 0 radical (unpaired) electrons. The molecule has 1 atom stereocenters. The molecule has 1 fully saturated rings. The summed E-state index contributed by atoms with van der Waals surface area (Å²) < 4.78 is 30.1. The maximum atomic E-state index is 11.6. The molecule has 1 aliphatic heterocycles. The van der Waals surface area contributed by atoms with Crippen LogP contribution in [-0.2, 0) is 16.4 Å². The van der Waals surface area contributed by atoms with E-state index >= 15 is 0 Å². The van der Waals surface area contributed by atoms with Gasteiger partial charge in [0.15, 0.2) is 0 Å². The van der Waals surface area contributed by atoms with Crippen molar-refractivity contribution in [3.63, 3.8) is 0 Å². The molecule has 0 saturated carbocycles. The Morgan fingerprint density at radius 1 is 1.59 bits per heavy atom. The summed E-state index contributed by atoms with van der Waals surface area (Å²) in [5.41, 5.74) is 0. The first-order valence-electron chi connectivity index (χ1n) is 5.77. The molecule has 0 spiro atoms. The Morgan fingerprint density at radius 3 is 3.06 bits per heavy atom. The van der Waals surface area contributed by atoms with Gasteiger partial charge >= 0.3 is 0 Å². The number of hydrogen-bond donors (Lipinski definition) is 1. The molecule has 0 aliphatic carbocycles. The van der Waals surface area contributed by atoms with Crippen LogP contribution in [-0.4, -0.2) is 44.7 Å². The van der Waals surface area contributed by atoms with Crippen molar-refractivity contribution in [1.29, 1.82) is 0 Å². The lowest BCUT2D eigenvalue weighted by Gasteiger charge is -2.34. The summed E-state index contributed by atoms with van der Waals surface area (Å²) in [6.45, 7) is 2.00. The predicted molar refractivity (Wildman–Crippen MR) is 65.2 cm³/mol. The molecule has 2 rings (SSSR count). The quantitative estimate of drug-likeness (QED) is 0.851. The number of furan rings is 1. The first-order valence-corrected chi connectivity index (χ1v) is 7.62. The molecule has 1 aromatic rings. The average Bonchev–Trinajstić information content (AvgIpc) is 2.78. The van der Waals surface area contributed by atoms with Crippen LogP contribution in [0.2, 0.25) is 0 Å². The van der Waals surface area contributed by atoms with E-state index in [1.54, 1.807) is 10.6 Å². The zero-order valence-electron chi connectivity index (χ0n) is 9.93. The molecule has 1 N–H and O–H groups in total. The molecule has 1 aromatic heterocycles. The van der Waals surface area contributed by atoms with Gasteiger partial charge in [-0.25, -0.2) is 8.42 Å². The van der Waals surface area contributed by atoms with Gasteiger partial charge in [-0.3, -0.25) is 0 Å². The van der Waals surface area contributed by atoms with Crippen molar-refractivity contribution in [2.75, 3.05) is 25.9 Å². The third-order valence-corrected chi connectivity index (χ3v) is 4.36. The molecule has 0 aromatic carbocycles. The Balaban J connectivity index is 1.97. The van der Waals surface area contributed by atoms with Gasteiger partial charge in [-0.2, -0.15) is 4.31 Å². The molecule has 96 valence electrons. The zero-order chi connectivity index (χ0) is 12.3. The molecule has 2 heterocycles. The van der Waals surface area contributed by atoms with E-state index in [-0.39, 0.29) is 6.04 Å². The van der Waals surface area contributed by atoms with Crippen molar-refractivity contribution in [3.8, 4) is 0 Å². The van der Waals surface area contributed by atoms with Crippen molar-refractivity contribution in [2.24, 2.45) is 0 Å².